The first-order chi connectivity index (χ1) is 9.61. The van der Waals surface area contributed by atoms with Gasteiger partial charge in [-0.05, 0) is 36.8 Å². The van der Waals surface area contributed by atoms with E-state index in [4.69, 9.17) is 27.9 Å². The highest BCUT2D eigenvalue weighted by atomic mass is 35.5. The molecule has 0 aliphatic rings. The monoisotopic (exact) mass is 309 g/mol. The maximum absolute atomic E-state index is 6.16. The number of benzene rings is 2. The van der Waals surface area contributed by atoms with E-state index in [1.165, 1.54) is 0 Å². The number of hydrogen-bond donors (Lipinski definition) is 1. The fourth-order valence-corrected chi connectivity index (χ4v) is 2.46. The molecule has 0 heterocycles. The van der Waals surface area contributed by atoms with Gasteiger partial charge in [-0.25, -0.2) is 0 Å². The second-order valence-electron chi connectivity index (χ2n) is 4.58. The summed E-state index contributed by atoms with van der Waals surface area (Å²) in [5, 5.41) is 4.84. The summed E-state index contributed by atoms with van der Waals surface area (Å²) in [5.41, 5.74) is 2.11. The number of ether oxygens (including phenoxy) is 1. The lowest BCUT2D eigenvalue weighted by Gasteiger charge is -2.17. The van der Waals surface area contributed by atoms with E-state index in [2.05, 4.69) is 18.3 Å². The van der Waals surface area contributed by atoms with Crippen molar-refractivity contribution in [3.8, 4) is 5.75 Å². The fourth-order valence-electron chi connectivity index (χ4n) is 2.08. The first-order valence-corrected chi connectivity index (χ1v) is 7.17. The molecule has 0 saturated heterocycles. The molecule has 1 atom stereocenters. The largest absolute Gasteiger partial charge is 0.496 e. The van der Waals surface area contributed by atoms with Gasteiger partial charge in [0.1, 0.15) is 5.75 Å². The summed E-state index contributed by atoms with van der Waals surface area (Å²) in [4.78, 5) is 0. The molecule has 2 rings (SSSR count). The molecule has 0 radical (unpaired) electrons. The number of rotatable bonds is 5. The molecule has 2 nitrogen and oxygen atoms in total. The lowest BCUT2D eigenvalue weighted by Crippen LogP contribution is -2.18. The van der Waals surface area contributed by atoms with Crippen molar-refractivity contribution in [2.24, 2.45) is 0 Å². The molecule has 106 valence electrons. The standard InChI is InChI=1S/C16H17Cl2NO/c1-11(14-5-3-4-6-16(14)20-2)19-10-12-9-13(17)7-8-15(12)18/h3-9,11,19H,10H2,1-2H3/t11-/m0/s1. The molecule has 0 unspecified atom stereocenters. The quantitative estimate of drug-likeness (QED) is 0.852. The number of methoxy groups -OCH3 is 1. The SMILES string of the molecule is COc1ccccc1[C@H](C)NCc1cc(Cl)ccc1Cl. The first kappa shape index (κ1) is 15.2. The Morgan fingerprint density at radius 1 is 1.15 bits per heavy atom. The van der Waals surface area contributed by atoms with Crippen molar-refractivity contribution in [2.45, 2.75) is 19.5 Å². The Morgan fingerprint density at radius 3 is 2.65 bits per heavy atom. The third-order valence-corrected chi connectivity index (χ3v) is 3.82. The highest BCUT2D eigenvalue weighted by Gasteiger charge is 2.11. The van der Waals surface area contributed by atoms with Gasteiger partial charge in [0.15, 0.2) is 0 Å². The molecule has 0 amide bonds. The van der Waals surface area contributed by atoms with Gasteiger partial charge in [0.2, 0.25) is 0 Å². The molecule has 1 N–H and O–H groups in total. The van der Waals surface area contributed by atoms with Crippen LogP contribution in [-0.4, -0.2) is 7.11 Å². The molecule has 4 heteroatoms. The van der Waals surface area contributed by atoms with Crippen LogP contribution in [0.3, 0.4) is 0 Å². The highest BCUT2D eigenvalue weighted by molar-refractivity contribution is 6.33. The number of nitrogens with one attached hydrogen (secondary N) is 1. The molecule has 2 aromatic carbocycles. The molecule has 0 aliphatic carbocycles. The number of halogens is 2. The minimum absolute atomic E-state index is 0.154. The van der Waals surface area contributed by atoms with E-state index in [0.29, 0.717) is 16.6 Å². The van der Waals surface area contributed by atoms with E-state index in [9.17, 15) is 0 Å². The average Bonchev–Trinajstić information content (AvgIpc) is 2.47. The summed E-state index contributed by atoms with van der Waals surface area (Å²) >= 11 is 12.2. The van der Waals surface area contributed by atoms with Crippen LogP contribution in [0.4, 0.5) is 0 Å². The maximum atomic E-state index is 6.16. The molecule has 20 heavy (non-hydrogen) atoms. The van der Waals surface area contributed by atoms with Crippen LogP contribution in [0.5, 0.6) is 5.75 Å². The maximum Gasteiger partial charge on any atom is 0.123 e. The van der Waals surface area contributed by atoms with Crippen molar-refractivity contribution in [3.05, 3.63) is 63.6 Å². The second kappa shape index (κ2) is 6.98. The van der Waals surface area contributed by atoms with Crippen LogP contribution in [0.1, 0.15) is 24.1 Å². The summed E-state index contributed by atoms with van der Waals surface area (Å²) in [6.45, 7) is 2.74. The van der Waals surface area contributed by atoms with Crippen LogP contribution in [0.25, 0.3) is 0 Å². The summed E-state index contributed by atoms with van der Waals surface area (Å²) < 4.78 is 5.37. The number of hydrogen-bond acceptors (Lipinski definition) is 2. The summed E-state index contributed by atoms with van der Waals surface area (Å²) in [7, 11) is 1.68. The molecule has 0 spiro atoms. The zero-order valence-corrected chi connectivity index (χ0v) is 13.0. The normalized spacial score (nSPS) is 12.2. The minimum Gasteiger partial charge on any atom is -0.496 e. The Hall–Kier alpha value is -1.22. The van der Waals surface area contributed by atoms with Gasteiger partial charge in [0.05, 0.1) is 7.11 Å². The van der Waals surface area contributed by atoms with Crippen LogP contribution >= 0.6 is 23.2 Å². The van der Waals surface area contributed by atoms with Crippen molar-refractivity contribution in [3.63, 3.8) is 0 Å². The third-order valence-electron chi connectivity index (χ3n) is 3.21. The Kier molecular flexibility index (Phi) is 5.30. The molecule has 0 aromatic heterocycles. The van der Waals surface area contributed by atoms with Gasteiger partial charge in [0.25, 0.3) is 0 Å². The zero-order valence-electron chi connectivity index (χ0n) is 11.5. The van der Waals surface area contributed by atoms with Gasteiger partial charge in [-0.1, -0.05) is 41.4 Å². The van der Waals surface area contributed by atoms with Crippen LogP contribution in [-0.2, 0) is 6.54 Å². The molecule has 0 aliphatic heterocycles. The van der Waals surface area contributed by atoms with E-state index < -0.39 is 0 Å². The van der Waals surface area contributed by atoms with E-state index in [0.717, 1.165) is 16.9 Å². The van der Waals surface area contributed by atoms with Crippen molar-refractivity contribution in [1.29, 1.82) is 0 Å². The van der Waals surface area contributed by atoms with E-state index >= 15 is 0 Å². The van der Waals surface area contributed by atoms with Crippen molar-refractivity contribution in [2.75, 3.05) is 7.11 Å². The molecule has 0 saturated carbocycles. The Balaban J connectivity index is 2.08. The Labute approximate surface area is 129 Å². The van der Waals surface area contributed by atoms with Gasteiger partial charge in [-0.2, -0.15) is 0 Å². The highest BCUT2D eigenvalue weighted by Crippen LogP contribution is 2.26. The van der Waals surface area contributed by atoms with Crippen LogP contribution in [0.2, 0.25) is 10.0 Å². The molecular formula is C16H17Cl2NO. The van der Waals surface area contributed by atoms with Crippen LogP contribution in [0.15, 0.2) is 42.5 Å². The predicted octanol–water partition coefficient (Wildman–Crippen LogP) is 4.85. The van der Waals surface area contributed by atoms with Gasteiger partial charge in [-0.3, -0.25) is 0 Å². The molecular weight excluding hydrogens is 293 g/mol. The topological polar surface area (TPSA) is 21.3 Å². The fraction of sp³-hybridized carbons (Fsp3) is 0.250. The van der Waals surface area contributed by atoms with Crippen molar-refractivity contribution < 1.29 is 4.74 Å². The van der Waals surface area contributed by atoms with Crippen molar-refractivity contribution in [1.82, 2.24) is 5.32 Å². The van der Waals surface area contributed by atoms with E-state index in [1.807, 2.05) is 30.3 Å². The molecule has 0 bridgehead atoms. The van der Waals surface area contributed by atoms with E-state index in [-0.39, 0.29) is 6.04 Å². The predicted molar refractivity (Wildman–Crippen MR) is 84.7 cm³/mol. The van der Waals surface area contributed by atoms with E-state index in [1.54, 1.807) is 13.2 Å². The lowest BCUT2D eigenvalue weighted by atomic mass is 10.1. The Bertz CT molecular complexity index is 586. The van der Waals surface area contributed by atoms with Crippen LogP contribution in [0, 0.1) is 0 Å². The number of para-hydroxylation sites is 1. The van der Waals surface area contributed by atoms with Gasteiger partial charge < -0.3 is 10.1 Å². The summed E-state index contributed by atoms with van der Waals surface area (Å²) in [5.74, 6) is 0.879. The van der Waals surface area contributed by atoms with Crippen molar-refractivity contribution >= 4 is 23.2 Å². The zero-order chi connectivity index (χ0) is 14.5. The van der Waals surface area contributed by atoms with Gasteiger partial charge in [0, 0.05) is 28.2 Å². The average molecular weight is 310 g/mol. The summed E-state index contributed by atoms with van der Waals surface area (Å²) in [6.07, 6.45) is 0. The second-order valence-corrected chi connectivity index (χ2v) is 5.42. The smallest absolute Gasteiger partial charge is 0.123 e. The Morgan fingerprint density at radius 2 is 1.90 bits per heavy atom. The van der Waals surface area contributed by atoms with Gasteiger partial charge in [-0.15, -0.1) is 0 Å². The molecule has 0 fully saturated rings. The summed E-state index contributed by atoms with van der Waals surface area (Å²) in [6, 6.07) is 13.6. The third kappa shape index (κ3) is 3.66. The van der Waals surface area contributed by atoms with Gasteiger partial charge >= 0.3 is 0 Å². The molecule has 2 aromatic rings. The minimum atomic E-state index is 0.154. The van der Waals surface area contributed by atoms with Crippen LogP contribution < -0.4 is 10.1 Å². The lowest BCUT2D eigenvalue weighted by molar-refractivity contribution is 0.401. The first-order valence-electron chi connectivity index (χ1n) is 6.42.